The van der Waals surface area contributed by atoms with Crippen LogP contribution < -0.4 is 5.32 Å². The molecule has 98 valence electrons. The first kappa shape index (κ1) is 13.1. The molecule has 0 unspecified atom stereocenters. The summed E-state index contributed by atoms with van der Waals surface area (Å²) < 4.78 is 0. The van der Waals surface area contributed by atoms with Gasteiger partial charge in [0.1, 0.15) is 0 Å². The molecule has 0 amide bonds. The second-order valence-electron chi connectivity index (χ2n) is 5.07. The first-order valence-corrected chi connectivity index (χ1v) is 6.50. The second-order valence-corrected chi connectivity index (χ2v) is 5.07. The maximum Gasteiger partial charge on any atom is 0.0924 e. The highest BCUT2D eigenvalue weighted by Crippen LogP contribution is 2.15. The molecule has 1 heterocycles. The highest BCUT2D eigenvalue weighted by molar-refractivity contribution is 5.81. The van der Waals surface area contributed by atoms with E-state index in [1.165, 1.54) is 11.1 Å². The number of aromatic amines is 1. The van der Waals surface area contributed by atoms with E-state index in [4.69, 9.17) is 0 Å². The van der Waals surface area contributed by atoms with Gasteiger partial charge in [-0.2, -0.15) is 5.10 Å². The van der Waals surface area contributed by atoms with Gasteiger partial charge in [-0.3, -0.25) is 10.00 Å². The Hall–Kier alpha value is -1.39. The molecule has 0 aliphatic rings. The molecule has 0 atom stereocenters. The average molecular weight is 246 g/mol. The van der Waals surface area contributed by atoms with Gasteiger partial charge in [-0.05, 0) is 13.1 Å². The number of hydrogen-bond acceptors (Lipinski definition) is 3. The molecule has 0 fully saturated rings. The lowest BCUT2D eigenvalue weighted by Crippen LogP contribution is -2.32. The summed E-state index contributed by atoms with van der Waals surface area (Å²) in [5, 5.41) is 12.1. The van der Waals surface area contributed by atoms with E-state index in [0.717, 1.165) is 25.2 Å². The molecule has 0 aliphatic heterocycles. The van der Waals surface area contributed by atoms with Gasteiger partial charge < -0.3 is 5.32 Å². The van der Waals surface area contributed by atoms with Crippen LogP contribution in [0.25, 0.3) is 10.9 Å². The van der Waals surface area contributed by atoms with Crippen LogP contribution in [-0.2, 0) is 6.54 Å². The maximum absolute atomic E-state index is 4.31. The van der Waals surface area contributed by atoms with Gasteiger partial charge in [-0.1, -0.05) is 32.0 Å². The zero-order valence-electron chi connectivity index (χ0n) is 11.4. The maximum atomic E-state index is 4.31. The predicted octanol–water partition coefficient (Wildman–Crippen LogP) is 1.99. The Bertz CT molecular complexity index is 489. The van der Waals surface area contributed by atoms with Crippen LogP contribution in [0, 0.1) is 0 Å². The number of fused-ring (bicyclic) bond motifs is 1. The van der Waals surface area contributed by atoms with E-state index in [0.29, 0.717) is 6.04 Å². The second kappa shape index (κ2) is 5.98. The van der Waals surface area contributed by atoms with Crippen LogP contribution in [0.5, 0.6) is 0 Å². The van der Waals surface area contributed by atoms with Gasteiger partial charge in [-0.15, -0.1) is 0 Å². The van der Waals surface area contributed by atoms with Crippen molar-refractivity contribution in [2.75, 3.05) is 20.1 Å². The van der Waals surface area contributed by atoms with Gasteiger partial charge in [0.2, 0.25) is 0 Å². The van der Waals surface area contributed by atoms with Crippen LogP contribution >= 0.6 is 0 Å². The van der Waals surface area contributed by atoms with Gasteiger partial charge in [0, 0.05) is 31.1 Å². The van der Waals surface area contributed by atoms with E-state index in [1.54, 1.807) is 0 Å². The third kappa shape index (κ3) is 3.31. The predicted molar refractivity (Wildman–Crippen MR) is 75.6 cm³/mol. The zero-order chi connectivity index (χ0) is 13.0. The molecule has 18 heavy (non-hydrogen) atoms. The van der Waals surface area contributed by atoms with Crippen molar-refractivity contribution in [2.24, 2.45) is 0 Å². The standard InChI is InChI=1S/C14H22N4/c1-11(2)15-8-9-18(3)10-14-12-6-4-5-7-13(12)16-17-14/h4-7,11,15H,8-10H2,1-3H3,(H,16,17). The van der Waals surface area contributed by atoms with Crippen molar-refractivity contribution >= 4 is 10.9 Å². The Kier molecular flexibility index (Phi) is 4.33. The zero-order valence-corrected chi connectivity index (χ0v) is 11.4. The first-order chi connectivity index (χ1) is 8.66. The molecule has 0 aliphatic carbocycles. The molecule has 4 nitrogen and oxygen atoms in total. The molecule has 1 aromatic carbocycles. The van der Waals surface area contributed by atoms with E-state index in [1.807, 2.05) is 12.1 Å². The van der Waals surface area contributed by atoms with Crippen LogP contribution in [-0.4, -0.2) is 41.3 Å². The number of hydrogen-bond donors (Lipinski definition) is 2. The van der Waals surface area contributed by atoms with Crippen molar-refractivity contribution in [3.8, 4) is 0 Å². The minimum atomic E-state index is 0.548. The third-order valence-electron chi connectivity index (χ3n) is 3.01. The molecule has 4 heteroatoms. The monoisotopic (exact) mass is 246 g/mol. The van der Waals surface area contributed by atoms with Crippen molar-refractivity contribution < 1.29 is 0 Å². The number of nitrogens with zero attached hydrogens (tertiary/aromatic N) is 2. The van der Waals surface area contributed by atoms with Gasteiger partial charge >= 0.3 is 0 Å². The fraction of sp³-hybridized carbons (Fsp3) is 0.500. The summed E-state index contributed by atoms with van der Waals surface area (Å²) in [6.07, 6.45) is 0. The number of para-hydroxylation sites is 1. The number of aromatic nitrogens is 2. The smallest absolute Gasteiger partial charge is 0.0924 e. The fourth-order valence-electron chi connectivity index (χ4n) is 2.03. The van der Waals surface area contributed by atoms with Gasteiger partial charge in [-0.25, -0.2) is 0 Å². The van der Waals surface area contributed by atoms with E-state index >= 15 is 0 Å². The molecule has 2 aromatic rings. The quantitative estimate of drug-likeness (QED) is 0.819. The summed E-state index contributed by atoms with van der Waals surface area (Å²) in [6, 6.07) is 8.78. The minimum absolute atomic E-state index is 0.548. The van der Waals surface area contributed by atoms with Crippen molar-refractivity contribution in [1.82, 2.24) is 20.4 Å². The first-order valence-electron chi connectivity index (χ1n) is 6.50. The summed E-state index contributed by atoms with van der Waals surface area (Å²) in [6.45, 7) is 7.29. The lowest BCUT2D eigenvalue weighted by Gasteiger charge is -2.17. The van der Waals surface area contributed by atoms with Crippen molar-refractivity contribution in [3.05, 3.63) is 30.0 Å². The highest BCUT2D eigenvalue weighted by Gasteiger charge is 2.07. The van der Waals surface area contributed by atoms with E-state index in [2.05, 4.69) is 53.4 Å². The summed E-state index contributed by atoms with van der Waals surface area (Å²) in [7, 11) is 2.14. The van der Waals surface area contributed by atoms with Crippen LogP contribution in [0.4, 0.5) is 0 Å². The average Bonchev–Trinajstić information content (AvgIpc) is 2.72. The van der Waals surface area contributed by atoms with Crippen LogP contribution in [0.15, 0.2) is 24.3 Å². The minimum Gasteiger partial charge on any atom is -0.313 e. The Labute approximate surface area is 108 Å². The number of nitrogens with one attached hydrogen (secondary N) is 2. The van der Waals surface area contributed by atoms with E-state index in [9.17, 15) is 0 Å². The molecule has 0 bridgehead atoms. The topological polar surface area (TPSA) is 44.0 Å². The van der Waals surface area contributed by atoms with Crippen LogP contribution in [0.1, 0.15) is 19.5 Å². The molecule has 2 rings (SSSR count). The van der Waals surface area contributed by atoms with Gasteiger partial charge in [0.25, 0.3) is 0 Å². The summed E-state index contributed by atoms with van der Waals surface area (Å²) >= 11 is 0. The van der Waals surface area contributed by atoms with Gasteiger partial charge in [0.05, 0.1) is 11.2 Å². The highest BCUT2D eigenvalue weighted by atomic mass is 15.2. The fourth-order valence-corrected chi connectivity index (χ4v) is 2.03. The molecule has 2 N–H and O–H groups in total. The third-order valence-corrected chi connectivity index (χ3v) is 3.01. The number of rotatable bonds is 6. The Morgan fingerprint density at radius 2 is 2.11 bits per heavy atom. The van der Waals surface area contributed by atoms with Crippen molar-refractivity contribution in [1.29, 1.82) is 0 Å². The Balaban J connectivity index is 1.92. The molecule has 1 aromatic heterocycles. The number of likely N-dealkylation sites (N-methyl/N-ethyl adjacent to an activating group) is 1. The summed E-state index contributed by atoms with van der Waals surface area (Å²) in [4.78, 5) is 2.30. The van der Waals surface area contributed by atoms with Crippen LogP contribution in [0.2, 0.25) is 0 Å². The summed E-state index contributed by atoms with van der Waals surface area (Å²) in [5.41, 5.74) is 2.24. The molecule has 0 radical (unpaired) electrons. The van der Waals surface area contributed by atoms with Crippen molar-refractivity contribution in [3.63, 3.8) is 0 Å². The summed E-state index contributed by atoms with van der Waals surface area (Å²) in [5.74, 6) is 0. The van der Waals surface area contributed by atoms with Crippen LogP contribution in [0.3, 0.4) is 0 Å². The number of benzene rings is 1. The molecule has 0 spiro atoms. The Morgan fingerprint density at radius 1 is 1.33 bits per heavy atom. The Morgan fingerprint density at radius 3 is 2.89 bits per heavy atom. The SMILES string of the molecule is CC(C)NCCN(C)Cc1[nH]nc2ccccc12. The largest absolute Gasteiger partial charge is 0.313 e. The molecular formula is C14H22N4. The normalized spacial score (nSPS) is 11.8. The number of H-pyrrole nitrogens is 1. The van der Waals surface area contributed by atoms with Crippen molar-refractivity contribution in [2.45, 2.75) is 26.4 Å². The van der Waals surface area contributed by atoms with Gasteiger partial charge in [0.15, 0.2) is 0 Å². The van der Waals surface area contributed by atoms with E-state index < -0.39 is 0 Å². The molecule has 0 saturated carbocycles. The molecular weight excluding hydrogens is 224 g/mol. The lowest BCUT2D eigenvalue weighted by molar-refractivity contribution is 0.317. The lowest BCUT2D eigenvalue weighted by atomic mass is 10.2. The van der Waals surface area contributed by atoms with E-state index in [-0.39, 0.29) is 0 Å². The molecule has 0 saturated heterocycles.